The maximum absolute atomic E-state index is 12.5. The van der Waals surface area contributed by atoms with Gasteiger partial charge in [-0.3, -0.25) is 9.69 Å². The maximum atomic E-state index is 12.5. The van der Waals surface area contributed by atoms with Crippen molar-refractivity contribution in [1.82, 2.24) is 14.5 Å². The van der Waals surface area contributed by atoms with Gasteiger partial charge in [-0.25, -0.2) is 8.42 Å². The summed E-state index contributed by atoms with van der Waals surface area (Å²) in [5.74, 6) is 0.581. The molecule has 1 aromatic rings. The van der Waals surface area contributed by atoms with E-state index in [4.69, 9.17) is 0 Å². The fraction of sp³-hybridized carbons (Fsp3) is 0.591. The van der Waals surface area contributed by atoms with Crippen LogP contribution < -0.4 is 5.32 Å². The van der Waals surface area contributed by atoms with Gasteiger partial charge in [-0.15, -0.1) is 0 Å². The third kappa shape index (κ3) is 6.66. The van der Waals surface area contributed by atoms with Crippen LogP contribution in [-0.2, 0) is 14.8 Å². The van der Waals surface area contributed by atoms with Gasteiger partial charge in [0.1, 0.15) is 0 Å². The molecule has 1 aromatic carbocycles. The number of hydrogen-bond acceptors (Lipinski definition) is 4. The summed E-state index contributed by atoms with van der Waals surface area (Å²) in [6.45, 7) is 11.8. The van der Waals surface area contributed by atoms with Crippen LogP contribution in [0.3, 0.4) is 0 Å². The third-order valence-electron chi connectivity index (χ3n) is 5.53. The predicted molar refractivity (Wildman–Crippen MR) is 118 cm³/mol. The van der Waals surface area contributed by atoms with Gasteiger partial charge in [0.05, 0.1) is 4.90 Å². The van der Waals surface area contributed by atoms with E-state index in [0.717, 1.165) is 24.6 Å². The lowest BCUT2D eigenvalue weighted by atomic mass is 9.99. The van der Waals surface area contributed by atoms with Crippen LogP contribution in [0.15, 0.2) is 35.2 Å². The van der Waals surface area contributed by atoms with Crippen molar-refractivity contribution in [3.8, 4) is 0 Å². The largest absolute Gasteiger partial charge is 0.351 e. The van der Waals surface area contributed by atoms with Crippen molar-refractivity contribution in [3.63, 3.8) is 0 Å². The second-order valence-corrected chi connectivity index (χ2v) is 9.77. The fourth-order valence-corrected chi connectivity index (χ4v) is 5.16. The lowest BCUT2D eigenvalue weighted by Crippen LogP contribution is -2.46. The van der Waals surface area contributed by atoms with E-state index in [1.165, 1.54) is 23.2 Å². The molecule has 1 aliphatic rings. The highest BCUT2D eigenvalue weighted by atomic mass is 32.2. The summed E-state index contributed by atoms with van der Waals surface area (Å²) in [4.78, 5) is 14.9. The Labute approximate surface area is 176 Å². The first-order chi connectivity index (χ1) is 13.8. The van der Waals surface area contributed by atoms with Gasteiger partial charge in [0, 0.05) is 38.3 Å². The van der Waals surface area contributed by atoms with Crippen molar-refractivity contribution in [2.45, 2.75) is 51.5 Å². The van der Waals surface area contributed by atoms with E-state index >= 15 is 0 Å². The number of amides is 1. The number of carbonyl (C=O) groups excluding carboxylic acids is 1. The quantitative estimate of drug-likeness (QED) is 0.623. The highest BCUT2D eigenvalue weighted by Crippen LogP contribution is 2.18. The number of carbonyl (C=O) groups is 1. The van der Waals surface area contributed by atoms with E-state index in [9.17, 15) is 13.2 Å². The first-order valence-corrected chi connectivity index (χ1v) is 12.0. The molecular formula is C22H35N3O3S. The van der Waals surface area contributed by atoms with Crippen LogP contribution in [0.1, 0.15) is 46.1 Å². The molecule has 29 heavy (non-hydrogen) atoms. The average molecular weight is 422 g/mol. The van der Waals surface area contributed by atoms with E-state index in [-0.39, 0.29) is 10.8 Å². The molecule has 0 bridgehead atoms. The molecule has 1 fully saturated rings. The molecule has 0 radical (unpaired) electrons. The Morgan fingerprint density at radius 2 is 1.93 bits per heavy atom. The van der Waals surface area contributed by atoms with E-state index in [1.54, 1.807) is 30.3 Å². The summed E-state index contributed by atoms with van der Waals surface area (Å²) >= 11 is 0. The van der Waals surface area contributed by atoms with Crippen LogP contribution >= 0.6 is 0 Å². The van der Waals surface area contributed by atoms with Crippen LogP contribution in [0, 0.1) is 5.92 Å². The molecule has 0 aromatic heterocycles. The fourth-order valence-electron chi connectivity index (χ4n) is 3.70. The number of hydrogen-bond donors (Lipinski definition) is 1. The second-order valence-electron chi connectivity index (χ2n) is 7.83. The van der Waals surface area contributed by atoms with Crippen LogP contribution in [0.5, 0.6) is 0 Å². The van der Waals surface area contributed by atoms with Gasteiger partial charge < -0.3 is 5.32 Å². The van der Waals surface area contributed by atoms with E-state index < -0.39 is 10.0 Å². The zero-order chi connectivity index (χ0) is 21.4. The molecule has 1 N–H and O–H groups in total. The average Bonchev–Trinajstić information content (AvgIpc) is 2.71. The molecule has 1 aliphatic heterocycles. The molecule has 2 unspecified atom stereocenters. The lowest BCUT2D eigenvalue weighted by molar-refractivity contribution is -0.116. The Balaban J connectivity index is 1.88. The third-order valence-corrected chi connectivity index (χ3v) is 7.60. The SMILES string of the molecule is CCN(CC)S(=O)(=O)c1ccc(/C=C/C(=O)NCC(C)N2CCCC(C)C2)cc1. The van der Waals surface area contributed by atoms with E-state index in [1.807, 2.05) is 13.8 Å². The Morgan fingerprint density at radius 3 is 2.52 bits per heavy atom. The van der Waals surface area contributed by atoms with E-state index in [2.05, 4.69) is 24.1 Å². The van der Waals surface area contributed by atoms with Crippen molar-refractivity contribution in [2.75, 3.05) is 32.7 Å². The standard InChI is InChI=1S/C22H35N3O3S/c1-5-25(6-2)29(27,28)21-12-9-20(10-13-21)11-14-22(26)23-16-19(4)24-15-7-8-18(3)17-24/h9-14,18-19H,5-8,15-17H2,1-4H3,(H,23,26)/b14-11+. The minimum Gasteiger partial charge on any atom is -0.351 e. The van der Waals surface area contributed by atoms with Crippen molar-refractivity contribution in [1.29, 1.82) is 0 Å². The summed E-state index contributed by atoms with van der Waals surface area (Å²) < 4.78 is 26.4. The molecule has 1 heterocycles. The number of piperidine rings is 1. The summed E-state index contributed by atoms with van der Waals surface area (Å²) in [5, 5.41) is 2.96. The van der Waals surface area contributed by atoms with Crippen molar-refractivity contribution >= 4 is 22.0 Å². The van der Waals surface area contributed by atoms with Crippen molar-refractivity contribution in [2.24, 2.45) is 5.92 Å². The highest BCUT2D eigenvalue weighted by Gasteiger charge is 2.22. The molecule has 7 heteroatoms. The maximum Gasteiger partial charge on any atom is 0.244 e. The Bertz CT molecular complexity index is 786. The van der Waals surface area contributed by atoms with Gasteiger partial charge in [-0.05, 0) is 56.0 Å². The molecule has 2 rings (SSSR count). The van der Waals surface area contributed by atoms with Gasteiger partial charge in [-0.1, -0.05) is 32.9 Å². The molecule has 6 nitrogen and oxygen atoms in total. The molecule has 1 amide bonds. The van der Waals surface area contributed by atoms with Crippen LogP contribution in [-0.4, -0.2) is 62.3 Å². The van der Waals surface area contributed by atoms with Crippen molar-refractivity contribution < 1.29 is 13.2 Å². The normalized spacial score (nSPS) is 19.6. The zero-order valence-corrected chi connectivity index (χ0v) is 18.9. The number of nitrogens with one attached hydrogen (secondary N) is 1. The topological polar surface area (TPSA) is 69.7 Å². The molecular weight excluding hydrogens is 386 g/mol. The summed E-state index contributed by atoms with van der Waals surface area (Å²) in [5.41, 5.74) is 0.788. The molecule has 2 atom stereocenters. The monoisotopic (exact) mass is 421 g/mol. The number of nitrogens with zero attached hydrogens (tertiary/aromatic N) is 2. The van der Waals surface area contributed by atoms with Gasteiger partial charge in [0.15, 0.2) is 0 Å². The number of likely N-dealkylation sites (tertiary alicyclic amines) is 1. The number of rotatable bonds is 9. The first kappa shape index (κ1) is 23.6. The predicted octanol–water partition coefficient (Wildman–Crippen LogP) is 2.97. The summed E-state index contributed by atoms with van der Waals surface area (Å²) in [6.07, 6.45) is 5.71. The van der Waals surface area contributed by atoms with Crippen LogP contribution in [0.25, 0.3) is 6.08 Å². The smallest absolute Gasteiger partial charge is 0.244 e. The van der Waals surface area contributed by atoms with Gasteiger partial charge in [-0.2, -0.15) is 4.31 Å². The number of sulfonamides is 1. The first-order valence-electron chi connectivity index (χ1n) is 10.6. The molecule has 1 saturated heterocycles. The number of benzene rings is 1. The molecule has 0 aliphatic carbocycles. The molecule has 162 valence electrons. The molecule has 0 spiro atoms. The zero-order valence-electron chi connectivity index (χ0n) is 18.1. The van der Waals surface area contributed by atoms with Crippen molar-refractivity contribution in [3.05, 3.63) is 35.9 Å². The van der Waals surface area contributed by atoms with Gasteiger partial charge in [0.2, 0.25) is 15.9 Å². The van der Waals surface area contributed by atoms with Gasteiger partial charge >= 0.3 is 0 Å². The minimum atomic E-state index is -3.46. The van der Waals surface area contributed by atoms with Gasteiger partial charge in [0.25, 0.3) is 0 Å². The minimum absolute atomic E-state index is 0.137. The Morgan fingerprint density at radius 1 is 1.28 bits per heavy atom. The lowest BCUT2D eigenvalue weighted by Gasteiger charge is -2.35. The summed E-state index contributed by atoms with van der Waals surface area (Å²) in [6, 6.07) is 6.94. The summed E-state index contributed by atoms with van der Waals surface area (Å²) in [7, 11) is -3.46. The van der Waals surface area contributed by atoms with E-state index in [0.29, 0.717) is 25.7 Å². The Hall–Kier alpha value is -1.70. The van der Waals surface area contributed by atoms with Crippen LogP contribution in [0.2, 0.25) is 0 Å². The van der Waals surface area contributed by atoms with Crippen LogP contribution in [0.4, 0.5) is 0 Å². The Kier molecular flexibility index (Phi) is 8.86. The molecule has 0 saturated carbocycles. The second kappa shape index (κ2) is 10.9. The highest BCUT2D eigenvalue weighted by molar-refractivity contribution is 7.89.